The molecule has 0 N–H and O–H groups in total. The minimum absolute atomic E-state index is 0.0928. The molecule has 1 aromatic heterocycles. The summed E-state index contributed by atoms with van der Waals surface area (Å²) in [7, 11) is 0. The highest BCUT2D eigenvalue weighted by Gasteiger charge is 2.21. The summed E-state index contributed by atoms with van der Waals surface area (Å²) in [4.78, 5) is 15.4. The van der Waals surface area contributed by atoms with E-state index in [2.05, 4.69) is 10.1 Å². The van der Waals surface area contributed by atoms with Crippen LogP contribution in [0.4, 0.5) is 0 Å². The minimum atomic E-state index is -0.229. The Morgan fingerprint density at radius 2 is 2.50 bits per heavy atom. The normalized spacial score (nSPS) is 22.1. The molecule has 1 atom stereocenters. The molecule has 5 nitrogen and oxygen atoms in total. The Morgan fingerprint density at radius 1 is 1.57 bits per heavy atom. The predicted octanol–water partition coefficient (Wildman–Crippen LogP) is 0.416. The van der Waals surface area contributed by atoms with Crippen LogP contribution in [0.1, 0.15) is 19.3 Å². The van der Waals surface area contributed by atoms with Gasteiger partial charge in [-0.05, 0) is 19.3 Å². The molecule has 1 aliphatic rings. The molecule has 0 spiro atoms. The molecule has 1 fully saturated rings. The van der Waals surface area contributed by atoms with Gasteiger partial charge in [0.1, 0.15) is 25.3 Å². The van der Waals surface area contributed by atoms with E-state index in [9.17, 15) is 4.79 Å². The predicted molar refractivity (Wildman–Crippen MR) is 48.6 cm³/mol. The zero-order valence-corrected chi connectivity index (χ0v) is 7.93. The van der Waals surface area contributed by atoms with Crippen LogP contribution >= 0.6 is 0 Å². The molecule has 14 heavy (non-hydrogen) atoms. The summed E-state index contributed by atoms with van der Waals surface area (Å²) >= 11 is 0. The zero-order valence-electron chi connectivity index (χ0n) is 7.93. The van der Waals surface area contributed by atoms with Gasteiger partial charge in [0.2, 0.25) is 0 Å². The fourth-order valence-corrected chi connectivity index (χ4v) is 1.57. The van der Waals surface area contributed by atoms with Crippen molar-refractivity contribution in [3.05, 3.63) is 12.7 Å². The molecule has 0 amide bonds. The van der Waals surface area contributed by atoms with Crippen molar-refractivity contribution in [1.82, 2.24) is 14.8 Å². The lowest BCUT2D eigenvalue weighted by Gasteiger charge is -2.20. The molecule has 0 bridgehead atoms. The number of aromatic nitrogens is 3. The number of carbonyl (C=O) groups is 1. The van der Waals surface area contributed by atoms with Crippen LogP contribution in [0.2, 0.25) is 0 Å². The van der Waals surface area contributed by atoms with Crippen molar-refractivity contribution >= 4 is 5.78 Å². The molecule has 1 unspecified atom stereocenters. The minimum Gasteiger partial charge on any atom is -0.370 e. The highest BCUT2D eigenvalue weighted by molar-refractivity contribution is 5.82. The van der Waals surface area contributed by atoms with Gasteiger partial charge in [-0.15, -0.1) is 0 Å². The summed E-state index contributed by atoms with van der Waals surface area (Å²) in [6.45, 7) is 0.971. The second-order valence-electron chi connectivity index (χ2n) is 3.41. The van der Waals surface area contributed by atoms with Crippen LogP contribution in [0.15, 0.2) is 12.7 Å². The first-order valence-electron chi connectivity index (χ1n) is 4.83. The van der Waals surface area contributed by atoms with Crippen molar-refractivity contribution in [3.63, 3.8) is 0 Å². The summed E-state index contributed by atoms with van der Waals surface area (Å²) in [5.74, 6) is 0.0928. The standard InChI is InChI=1S/C9H13N3O2/c13-8(5-12-7-10-6-11-12)9-3-1-2-4-14-9/h6-7,9H,1-5H2. The van der Waals surface area contributed by atoms with E-state index >= 15 is 0 Å². The van der Waals surface area contributed by atoms with Crippen LogP contribution in [0.25, 0.3) is 0 Å². The number of hydrogen-bond acceptors (Lipinski definition) is 4. The Kier molecular flexibility index (Phi) is 2.88. The summed E-state index contributed by atoms with van der Waals surface area (Å²) in [5.41, 5.74) is 0. The van der Waals surface area contributed by atoms with E-state index in [1.165, 1.54) is 11.0 Å². The molecular weight excluding hydrogens is 182 g/mol. The number of Topliss-reactive ketones (excluding diaryl/α,β-unsaturated/α-hetero) is 1. The smallest absolute Gasteiger partial charge is 0.182 e. The maximum atomic E-state index is 11.7. The van der Waals surface area contributed by atoms with Gasteiger partial charge >= 0.3 is 0 Å². The summed E-state index contributed by atoms with van der Waals surface area (Å²) < 4.78 is 6.91. The van der Waals surface area contributed by atoms with Crippen LogP contribution in [0.3, 0.4) is 0 Å². The highest BCUT2D eigenvalue weighted by Crippen LogP contribution is 2.13. The molecule has 2 heterocycles. The maximum absolute atomic E-state index is 11.7. The molecule has 2 rings (SSSR count). The van der Waals surface area contributed by atoms with Gasteiger partial charge in [0.25, 0.3) is 0 Å². The van der Waals surface area contributed by atoms with Crippen LogP contribution in [-0.2, 0) is 16.1 Å². The lowest BCUT2D eigenvalue weighted by molar-refractivity contribution is -0.134. The van der Waals surface area contributed by atoms with Gasteiger partial charge in [0, 0.05) is 6.61 Å². The van der Waals surface area contributed by atoms with Crippen LogP contribution in [0.5, 0.6) is 0 Å². The summed E-state index contributed by atoms with van der Waals surface area (Å²) in [6, 6.07) is 0. The van der Waals surface area contributed by atoms with Gasteiger partial charge < -0.3 is 4.74 Å². The van der Waals surface area contributed by atoms with E-state index < -0.39 is 0 Å². The first-order chi connectivity index (χ1) is 6.86. The largest absolute Gasteiger partial charge is 0.370 e. The van der Waals surface area contributed by atoms with E-state index in [0.717, 1.165) is 19.3 Å². The number of ether oxygens (including phenoxy) is 1. The average Bonchev–Trinajstić information content (AvgIpc) is 2.72. The van der Waals surface area contributed by atoms with E-state index in [1.807, 2.05) is 0 Å². The topological polar surface area (TPSA) is 57.0 Å². The van der Waals surface area contributed by atoms with Gasteiger partial charge in [-0.25, -0.2) is 9.67 Å². The molecule has 1 aromatic rings. The molecule has 0 aromatic carbocycles. The number of nitrogens with zero attached hydrogens (tertiary/aromatic N) is 3. The zero-order chi connectivity index (χ0) is 9.80. The Balaban J connectivity index is 1.88. The van der Waals surface area contributed by atoms with Crippen LogP contribution in [0, 0.1) is 0 Å². The van der Waals surface area contributed by atoms with E-state index in [1.54, 1.807) is 6.33 Å². The number of carbonyl (C=O) groups excluding carboxylic acids is 1. The van der Waals surface area contributed by atoms with Crippen molar-refractivity contribution < 1.29 is 9.53 Å². The van der Waals surface area contributed by atoms with Gasteiger partial charge in [-0.3, -0.25) is 4.79 Å². The van der Waals surface area contributed by atoms with Crippen molar-refractivity contribution in [1.29, 1.82) is 0 Å². The number of rotatable bonds is 3. The molecule has 1 saturated heterocycles. The fourth-order valence-electron chi connectivity index (χ4n) is 1.57. The van der Waals surface area contributed by atoms with Crippen molar-refractivity contribution in [2.24, 2.45) is 0 Å². The molecule has 5 heteroatoms. The quantitative estimate of drug-likeness (QED) is 0.701. The van der Waals surface area contributed by atoms with Gasteiger partial charge in [0.05, 0.1) is 0 Å². The third-order valence-electron chi connectivity index (χ3n) is 2.32. The average molecular weight is 195 g/mol. The molecule has 0 radical (unpaired) electrons. The molecule has 1 aliphatic heterocycles. The van der Waals surface area contributed by atoms with Crippen molar-refractivity contribution in [3.8, 4) is 0 Å². The lowest BCUT2D eigenvalue weighted by Crippen LogP contribution is -2.31. The number of hydrogen-bond donors (Lipinski definition) is 0. The van der Waals surface area contributed by atoms with Crippen LogP contribution < -0.4 is 0 Å². The van der Waals surface area contributed by atoms with E-state index in [4.69, 9.17) is 4.74 Å². The van der Waals surface area contributed by atoms with E-state index in [0.29, 0.717) is 6.61 Å². The number of ketones is 1. The maximum Gasteiger partial charge on any atom is 0.182 e. The Hall–Kier alpha value is -1.23. The third kappa shape index (κ3) is 2.17. The molecule has 0 aliphatic carbocycles. The Labute approximate surface area is 82.1 Å². The Bertz CT molecular complexity index is 291. The van der Waals surface area contributed by atoms with Crippen molar-refractivity contribution in [2.75, 3.05) is 6.61 Å². The van der Waals surface area contributed by atoms with Gasteiger partial charge in [-0.1, -0.05) is 0 Å². The SMILES string of the molecule is O=C(Cn1cncn1)C1CCCCO1. The monoisotopic (exact) mass is 195 g/mol. The first kappa shape index (κ1) is 9.33. The molecular formula is C9H13N3O2. The molecule has 76 valence electrons. The fraction of sp³-hybridized carbons (Fsp3) is 0.667. The summed E-state index contributed by atoms with van der Waals surface area (Å²) in [6.07, 6.45) is 5.72. The second-order valence-corrected chi connectivity index (χ2v) is 3.41. The molecule has 0 saturated carbocycles. The van der Waals surface area contributed by atoms with Gasteiger partial charge in [-0.2, -0.15) is 5.10 Å². The Morgan fingerprint density at radius 3 is 3.14 bits per heavy atom. The second kappa shape index (κ2) is 4.32. The summed E-state index contributed by atoms with van der Waals surface area (Å²) in [5, 5.41) is 3.88. The highest BCUT2D eigenvalue weighted by atomic mass is 16.5. The van der Waals surface area contributed by atoms with E-state index in [-0.39, 0.29) is 18.4 Å². The van der Waals surface area contributed by atoms with Crippen LogP contribution in [-0.4, -0.2) is 33.3 Å². The first-order valence-corrected chi connectivity index (χ1v) is 4.83. The van der Waals surface area contributed by atoms with Crippen molar-refractivity contribution in [2.45, 2.75) is 31.9 Å². The van der Waals surface area contributed by atoms with Gasteiger partial charge in [0.15, 0.2) is 5.78 Å². The third-order valence-corrected chi connectivity index (χ3v) is 2.32. The lowest BCUT2D eigenvalue weighted by atomic mass is 10.1.